The summed E-state index contributed by atoms with van der Waals surface area (Å²) in [6, 6.07) is 9.65. The molecule has 1 aliphatic rings. The number of benzene rings is 1. The highest BCUT2D eigenvalue weighted by Gasteiger charge is 2.20. The molecule has 4 heteroatoms. The van der Waals surface area contributed by atoms with Crippen molar-refractivity contribution in [2.24, 2.45) is 5.92 Å². The van der Waals surface area contributed by atoms with Crippen LogP contribution in [0, 0.1) is 5.92 Å². The van der Waals surface area contributed by atoms with Crippen molar-refractivity contribution >= 4 is 11.7 Å². The Balaban J connectivity index is 1.60. The number of nitrogens with zero attached hydrogens (tertiary/aromatic N) is 1. The molecule has 2 rings (SSSR count). The fraction of sp³-hybridized carbons (Fsp3) is 0.600. The van der Waals surface area contributed by atoms with Gasteiger partial charge in [-0.2, -0.15) is 0 Å². The van der Waals surface area contributed by atoms with Gasteiger partial charge in [-0.05, 0) is 45.2 Å². The molecule has 0 spiro atoms. The molecule has 1 heterocycles. The second-order valence-corrected chi connectivity index (χ2v) is 7.01. The van der Waals surface area contributed by atoms with Crippen LogP contribution >= 0.6 is 0 Å². The van der Waals surface area contributed by atoms with Crippen molar-refractivity contribution in [3.05, 3.63) is 35.9 Å². The zero-order valence-corrected chi connectivity index (χ0v) is 15.0. The maximum atomic E-state index is 12.0. The molecule has 132 valence electrons. The third-order valence-electron chi connectivity index (χ3n) is 4.94. The van der Waals surface area contributed by atoms with Gasteiger partial charge in [-0.25, -0.2) is 0 Å². The topological polar surface area (TPSA) is 49.4 Å². The van der Waals surface area contributed by atoms with E-state index in [1.54, 1.807) is 0 Å². The van der Waals surface area contributed by atoms with Crippen molar-refractivity contribution in [1.29, 1.82) is 0 Å². The van der Waals surface area contributed by atoms with E-state index in [1.807, 2.05) is 30.3 Å². The summed E-state index contributed by atoms with van der Waals surface area (Å²) in [6.45, 7) is 7.43. The second-order valence-electron chi connectivity index (χ2n) is 7.01. The van der Waals surface area contributed by atoms with Gasteiger partial charge in [0.05, 0.1) is 0 Å². The minimum Gasteiger partial charge on any atom is -0.355 e. The van der Waals surface area contributed by atoms with E-state index in [-0.39, 0.29) is 11.7 Å². The first kappa shape index (κ1) is 18.7. The maximum Gasteiger partial charge on any atom is 0.220 e. The molecular weight excluding hydrogens is 300 g/mol. The Morgan fingerprint density at radius 2 is 1.83 bits per heavy atom. The summed E-state index contributed by atoms with van der Waals surface area (Å²) < 4.78 is 0. The zero-order chi connectivity index (χ0) is 17.4. The molecule has 1 N–H and O–H groups in total. The second kappa shape index (κ2) is 9.58. The Morgan fingerprint density at radius 1 is 1.17 bits per heavy atom. The molecule has 4 nitrogen and oxygen atoms in total. The van der Waals surface area contributed by atoms with Crippen molar-refractivity contribution in [2.75, 3.05) is 19.6 Å². The van der Waals surface area contributed by atoms with Gasteiger partial charge in [0.25, 0.3) is 0 Å². The molecule has 1 aromatic carbocycles. The minimum atomic E-state index is 0.0492. The largest absolute Gasteiger partial charge is 0.355 e. The first-order valence-electron chi connectivity index (χ1n) is 9.15. The number of carbonyl (C=O) groups excluding carboxylic acids is 2. The number of carbonyl (C=O) groups is 2. The van der Waals surface area contributed by atoms with Crippen molar-refractivity contribution in [1.82, 2.24) is 10.2 Å². The maximum absolute atomic E-state index is 12.0. The van der Waals surface area contributed by atoms with Gasteiger partial charge in [-0.3, -0.25) is 14.5 Å². The summed E-state index contributed by atoms with van der Waals surface area (Å²) in [4.78, 5) is 26.4. The van der Waals surface area contributed by atoms with Crippen LogP contribution in [0.5, 0.6) is 0 Å². The average molecular weight is 330 g/mol. The van der Waals surface area contributed by atoms with Crippen molar-refractivity contribution in [3.8, 4) is 0 Å². The molecule has 0 saturated carbocycles. The third kappa shape index (κ3) is 6.08. The van der Waals surface area contributed by atoms with Gasteiger partial charge in [0, 0.05) is 31.0 Å². The fourth-order valence-corrected chi connectivity index (χ4v) is 3.13. The lowest BCUT2D eigenvalue weighted by atomic mass is 9.98. The van der Waals surface area contributed by atoms with Crippen molar-refractivity contribution in [3.63, 3.8) is 0 Å². The van der Waals surface area contributed by atoms with E-state index in [2.05, 4.69) is 24.1 Å². The molecular formula is C20H30N2O2. The molecule has 0 aromatic heterocycles. The molecule has 24 heavy (non-hydrogen) atoms. The number of rotatable bonds is 8. The number of nitrogens with one attached hydrogen (secondary N) is 1. The molecule has 0 radical (unpaired) electrons. The number of hydrogen-bond donors (Lipinski definition) is 1. The van der Waals surface area contributed by atoms with E-state index in [4.69, 9.17) is 0 Å². The smallest absolute Gasteiger partial charge is 0.220 e. The van der Waals surface area contributed by atoms with Crippen LogP contribution in [-0.4, -0.2) is 42.3 Å². The Morgan fingerprint density at radius 3 is 2.50 bits per heavy atom. The van der Waals surface area contributed by atoms with Crippen LogP contribution in [0.2, 0.25) is 0 Å². The van der Waals surface area contributed by atoms with Crippen LogP contribution in [0.4, 0.5) is 0 Å². The Hall–Kier alpha value is -1.68. The van der Waals surface area contributed by atoms with Crippen LogP contribution < -0.4 is 5.32 Å². The quantitative estimate of drug-likeness (QED) is 0.744. The summed E-state index contributed by atoms with van der Waals surface area (Å²) in [5.41, 5.74) is 0.728. The average Bonchev–Trinajstić information content (AvgIpc) is 2.61. The summed E-state index contributed by atoms with van der Waals surface area (Å²) in [5.74, 6) is 0.984. The van der Waals surface area contributed by atoms with Crippen LogP contribution in [-0.2, 0) is 4.79 Å². The number of likely N-dealkylation sites (tertiary alicyclic amines) is 1. The van der Waals surface area contributed by atoms with Gasteiger partial charge < -0.3 is 5.32 Å². The molecule has 1 aromatic rings. The minimum absolute atomic E-state index is 0.0492. The van der Waals surface area contributed by atoms with Gasteiger partial charge in [0.15, 0.2) is 5.78 Å². The third-order valence-corrected chi connectivity index (χ3v) is 4.94. The predicted octanol–water partition coefficient (Wildman–Crippen LogP) is 3.28. The Labute approximate surface area is 145 Å². The highest BCUT2D eigenvalue weighted by Crippen LogP contribution is 2.17. The number of piperidine rings is 1. The van der Waals surface area contributed by atoms with Gasteiger partial charge in [-0.1, -0.05) is 37.3 Å². The first-order chi connectivity index (χ1) is 11.6. The van der Waals surface area contributed by atoms with Crippen LogP contribution in [0.3, 0.4) is 0 Å². The molecule has 1 fully saturated rings. The van der Waals surface area contributed by atoms with E-state index in [0.717, 1.165) is 24.6 Å². The lowest BCUT2D eigenvalue weighted by molar-refractivity contribution is -0.121. The van der Waals surface area contributed by atoms with Crippen molar-refractivity contribution in [2.45, 2.75) is 52.0 Å². The number of ketones is 1. The highest BCUT2D eigenvalue weighted by atomic mass is 16.1. The highest BCUT2D eigenvalue weighted by molar-refractivity contribution is 5.96. The predicted molar refractivity (Wildman–Crippen MR) is 97.1 cm³/mol. The van der Waals surface area contributed by atoms with E-state index in [9.17, 15) is 9.59 Å². The van der Waals surface area contributed by atoms with E-state index in [1.165, 1.54) is 12.8 Å². The van der Waals surface area contributed by atoms with E-state index >= 15 is 0 Å². The lowest BCUT2D eigenvalue weighted by Gasteiger charge is -2.35. The van der Waals surface area contributed by atoms with Crippen LogP contribution in [0.15, 0.2) is 30.3 Å². The summed E-state index contributed by atoms with van der Waals surface area (Å²) >= 11 is 0. The van der Waals surface area contributed by atoms with Crippen molar-refractivity contribution < 1.29 is 9.59 Å². The summed E-state index contributed by atoms with van der Waals surface area (Å²) in [7, 11) is 0. The van der Waals surface area contributed by atoms with E-state index in [0.29, 0.717) is 31.8 Å². The SMILES string of the molecule is CC1CCN(C(C)CNC(=O)CCCC(=O)c2ccccc2)CC1. The molecule has 1 amide bonds. The Bertz CT molecular complexity index is 522. The van der Waals surface area contributed by atoms with Crippen LogP contribution in [0.1, 0.15) is 56.3 Å². The monoisotopic (exact) mass is 330 g/mol. The molecule has 0 bridgehead atoms. The van der Waals surface area contributed by atoms with E-state index < -0.39 is 0 Å². The summed E-state index contributed by atoms with van der Waals surface area (Å²) in [6.07, 6.45) is 3.95. The summed E-state index contributed by atoms with van der Waals surface area (Å²) in [5, 5.41) is 3.01. The number of amides is 1. The van der Waals surface area contributed by atoms with Gasteiger partial charge in [0.2, 0.25) is 5.91 Å². The van der Waals surface area contributed by atoms with Crippen LogP contribution in [0.25, 0.3) is 0 Å². The molecule has 1 aliphatic heterocycles. The molecule has 0 aliphatic carbocycles. The number of hydrogen-bond acceptors (Lipinski definition) is 3. The standard InChI is InChI=1S/C20H30N2O2/c1-16-11-13-22(14-12-16)17(2)15-21-20(24)10-6-9-19(23)18-7-4-3-5-8-18/h3-5,7-8,16-17H,6,9-15H2,1-2H3,(H,21,24). The van der Waals surface area contributed by atoms with Gasteiger partial charge >= 0.3 is 0 Å². The van der Waals surface area contributed by atoms with Gasteiger partial charge in [0.1, 0.15) is 0 Å². The normalized spacial score (nSPS) is 17.4. The fourth-order valence-electron chi connectivity index (χ4n) is 3.13. The Kier molecular flexibility index (Phi) is 7.44. The first-order valence-corrected chi connectivity index (χ1v) is 9.15. The van der Waals surface area contributed by atoms with Gasteiger partial charge in [-0.15, -0.1) is 0 Å². The zero-order valence-electron chi connectivity index (χ0n) is 15.0. The lowest BCUT2D eigenvalue weighted by Crippen LogP contribution is -2.45. The molecule has 1 atom stereocenters. The molecule has 1 unspecified atom stereocenters. The molecule has 1 saturated heterocycles. The number of Topliss-reactive ketones (excluding diaryl/α,β-unsaturated/α-hetero) is 1.